The normalized spacial score (nSPS) is 12.9. The van der Waals surface area contributed by atoms with Crippen LogP contribution in [-0.2, 0) is 17.9 Å². The summed E-state index contributed by atoms with van der Waals surface area (Å²) in [5.74, 6) is 0. The van der Waals surface area contributed by atoms with E-state index in [0.29, 0.717) is 6.10 Å². The first-order chi connectivity index (χ1) is 8.26. The van der Waals surface area contributed by atoms with E-state index >= 15 is 0 Å². The van der Waals surface area contributed by atoms with Crippen molar-refractivity contribution in [2.24, 2.45) is 0 Å². The van der Waals surface area contributed by atoms with Gasteiger partial charge in [-0.3, -0.25) is 0 Å². The van der Waals surface area contributed by atoms with Gasteiger partial charge >= 0.3 is 0 Å². The molecule has 0 aliphatic rings. The Morgan fingerprint density at radius 2 is 2.00 bits per heavy atom. The average Bonchev–Trinajstić information content (AvgIpc) is 2.75. The zero-order chi connectivity index (χ0) is 12.5. The van der Waals surface area contributed by atoms with Gasteiger partial charge in [-0.25, -0.2) is 0 Å². The quantitative estimate of drug-likeness (QED) is 0.675. The van der Waals surface area contributed by atoms with E-state index in [1.807, 2.05) is 11.3 Å². The van der Waals surface area contributed by atoms with Gasteiger partial charge in [-0.1, -0.05) is 20.3 Å². The van der Waals surface area contributed by atoms with Crippen LogP contribution in [0.3, 0.4) is 0 Å². The minimum absolute atomic E-state index is 0.378. The Bertz CT molecular complexity index is 298. The Labute approximate surface area is 109 Å². The van der Waals surface area contributed by atoms with Crippen molar-refractivity contribution in [1.29, 1.82) is 0 Å². The third-order valence-electron chi connectivity index (χ3n) is 2.65. The predicted octanol–water partition coefficient (Wildman–Crippen LogP) is 3.95. The molecule has 0 saturated carbocycles. The first kappa shape index (κ1) is 14.7. The van der Waals surface area contributed by atoms with Crippen molar-refractivity contribution in [1.82, 2.24) is 5.32 Å². The molecule has 98 valence electrons. The summed E-state index contributed by atoms with van der Waals surface area (Å²) < 4.78 is 5.80. The molecule has 0 amide bonds. The molecular weight excluding hydrogens is 230 g/mol. The van der Waals surface area contributed by atoms with E-state index in [1.54, 1.807) is 0 Å². The zero-order valence-electron chi connectivity index (χ0n) is 11.3. The van der Waals surface area contributed by atoms with Gasteiger partial charge in [-0.05, 0) is 38.4 Å². The highest BCUT2D eigenvalue weighted by atomic mass is 32.1. The monoisotopic (exact) mass is 255 g/mol. The Morgan fingerprint density at radius 1 is 1.24 bits per heavy atom. The summed E-state index contributed by atoms with van der Waals surface area (Å²) in [7, 11) is 0. The summed E-state index contributed by atoms with van der Waals surface area (Å²) in [5.41, 5.74) is 0. The Hall–Kier alpha value is -0.380. The lowest BCUT2D eigenvalue weighted by Crippen LogP contribution is -2.12. The highest BCUT2D eigenvalue weighted by Crippen LogP contribution is 2.18. The fraction of sp³-hybridized carbons (Fsp3) is 0.714. The molecule has 0 saturated heterocycles. The van der Waals surface area contributed by atoms with Crippen molar-refractivity contribution in [2.75, 3.05) is 6.54 Å². The number of rotatable bonds is 9. The fourth-order valence-corrected chi connectivity index (χ4v) is 2.61. The number of thiophene rings is 1. The topological polar surface area (TPSA) is 21.3 Å². The molecule has 1 N–H and O–H groups in total. The molecule has 1 aromatic heterocycles. The maximum atomic E-state index is 5.80. The molecule has 1 rings (SSSR count). The van der Waals surface area contributed by atoms with Crippen LogP contribution in [0.2, 0.25) is 0 Å². The highest BCUT2D eigenvalue weighted by Gasteiger charge is 2.04. The van der Waals surface area contributed by atoms with E-state index in [9.17, 15) is 0 Å². The van der Waals surface area contributed by atoms with Gasteiger partial charge in [0.25, 0.3) is 0 Å². The summed E-state index contributed by atoms with van der Waals surface area (Å²) in [6.07, 6.45) is 3.91. The predicted molar refractivity (Wildman–Crippen MR) is 75.5 cm³/mol. The summed E-state index contributed by atoms with van der Waals surface area (Å²) in [6.45, 7) is 9.39. The van der Waals surface area contributed by atoms with Crippen LogP contribution >= 0.6 is 11.3 Å². The van der Waals surface area contributed by atoms with E-state index in [-0.39, 0.29) is 0 Å². The third-order valence-corrected chi connectivity index (χ3v) is 3.71. The first-order valence-corrected chi connectivity index (χ1v) is 7.47. The van der Waals surface area contributed by atoms with E-state index in [2.05, 4.69) is 38.2 Å². The van der Waals surface area contributed by atoms with Gasteiger partial charge in [0.05, 0.1) is 12.7 Å². The molecule has 2 nitrogen and oxygen atoms in total. The van der Waals surface area contributed by atoms with Gasteiger partial charge in [0.15, 0.2) is 0 Å². The standard InChI is InChI=1S/C14H25NOS/c1-4-6-12(3)16-11-14-8-7-13(17-14)10-15-9-5-2/h7-8,12,15H,4-6,9-11H2,1-3H3. The lowest BCUT2D eigenvalue weighted by Gasteiger charge is -2.10. The van der Waals surface area contributed by atoms with Gasteiger partial charge in [-0.15, -0.1) is 11.3 Å². The fourth-order valence-electron chi connectivity index (χ4n) is 1.70. The van der Waals surface area contributed by atoms with Gasteiger partial charge in [-0.2, -0.15) is 0 Å². The third kappa shape index (κ3) is 6.20. The lowest BCUT2D eigenvalue weighted by molar-refractivity contribution is 0.0488. The van der Waals surface area contributed by atoms with Crippen LogP contribution in [-0.4, -0.2) is 12.6 Å². The highest BCUT2D eigenvalue weighted by molar-refractivity contribution is 7.11. The van der Waals surface area contributed by atoms with E-state index in [4.69, 9.17) is 4.74 Å². The molecule has 0 fully saturated rings. The molecule has 1 unspecified atom stereocenters. The van der Waals surface area contributed by atoms with Crippen molar-refractivity contribution in [3.05, 3.63) is 21.9 Å². The smallest absolute Gasteiger partial charge is 0.0813 e. The molecule has 0 aliphatic heterocycles. The molecule has 1 aromatic rings. The molecule has 1 heterocycles. The van der Waals surface area contributed by atoms with Gasteiger partial charge in [0, 0.05) is 16.3 Å². The van der Waals surface area contributed by atoms with Crippen LogP contribution in [0.1, 0.15) is 49.8 Å². The second-order valence-corrected chi connectivity index (χ2v) is 5.71. The van der Waals surface area contributed by atoms with Gasteiger partial charge in [0.1, 0.15) is 0 Å². The first-order valence-electron chi connectivity index (χ1n) is 6.66. The number of hydrogen-bond acceptors (Lipinski definition) is 3. The molecule has 17 heavy (non-hydrogen) atoms. The van der Waals surface area contributed by atoms with Crippen LogP contribution in [0.15, 0.2) is 12.1 Å². The van der Waals surface area contributed by atoms with Gasteiger partial charge in [0.2, 0.25) is 0 Å². The molecule has 0 aromatic carbocycles. The number of hydrogen-bond donors (Lipinski definition) is 1. The molecule has 0 spiro atoms. The van der Waals surface area contributed by atoms with Crippen molar-refractivity contribution in [3.63, 3.8) is 0 Å². The molecular formula is C14H25NOS. The SMILES string of the molecule is CCCNCc1ccc(COC(C)CCC)s1. The Balaban J connectivity index is 2.25. The number of ether oxygens (including phenoxy) is 1. The van der Waals surface area contributed by atoms with Crippen molar-refractivity contribution in [2.45, 2.75) is 59.3 Å². The van der Waals surface area contributed by atoms with Crippen LogP contribution in [0, 0.1) is 0 Å². The Morgan fingerprint density at radius 3 is 2.71 bits per heavy atom. The van der Waals surface area contributed by atoms with Crippen LogP contribution in [0.5, 0.6) is 0 Å². The van der Waals surface area contributed by atoms with Crippen molar-refractivity contribution < 1.29 is 4.74 Å². The van der Waals surface area contributed by atoms with E-state index < -0.39 is 0 Å². The molecule has 1 atom stereocenters. The molecule has 0 bridgehead atoms. The summed E-state index contributed by atoms with van der Waals surface area (Å²) in [5, 5.41) is 3.42. The van der Waals surface area contributed by atoms with Crippen LogP contribution in [0.25, 0.3) is 0 Å². The zero-order valence-corrected chi connectivity index (χ0v) is 12.1. The molecule has 0 radical (unpaired) electrons. The van der Waals surface area contributed by atoms with Crippen LogP contribution < -0.4 is 5.32 Å². The molecule has 0 aliphatic carbocycles. The van der Waals surface area contributed by atoms with Crippen molar-refractivity contribution >= 4 is 11.3 Å². The largest absolute Gasteiger partial charge is 0.373 e. The Kier molecular flexibility index (Phi) is 7.49. The number of nitrogens with one attached hydrogen (secondary N) is 1. The average molecular weight is 255 g/mol. The van der Waals surface area contributed by atoms with Crippen molar-refractivity contribution in [3.8, 4) is 0 Å². The summed E-state index contributed by atoms with van der Waals surface area (Å²) >= 11 is 1.86. The second kappa shape index (κ2) is 8.67. The summed E-state index contributed by atoms with van der Waals surface area (Å²) in [4.78, 5) is 2.74. The minimum atomic E-state index is 0.378. The van der Waals surface area contributed by atoms with E-state index in [0.717, 1.165) is 26.1 Å². The minimum Gasteiger partial charge on any atom is -0.373 e. The maximum absolute atomic E-state index is 5.80. The summed E-state index contributed by atoms with van der Waals surface area (Å²) in [6, 6.07) is 4.39. The second-order valence-electron chi connectivity index (χ2n) is 4.46. The van der Waals surface area contributed by atoms with Gasteiger partial charge < -0.3 is 10.1 Å². The lowest BCUT2D eigenvalue weighted by atomic mass is 10.2. The molecule has 3 heteroatoms. The van der Waals surface area contributed by atoms with Crippen LogP contribution in [0.4, 0.5) is 0 Å². The maximum Gasteiger partial charge on any atom is 0.0813 e. The van der Waals surface area contributed by atoms with E-state index in [1.165, 1.54) is 22.6 Å².